The van der Waals surface area contributed by atoms with E-state index in [9.17, 15) is 9.59 Å². The van der Waals surface area contributed by atoms with E-state index < -0.39 is 42.1 Å². The number of ether oxygens (including phenoxy) is 8. The Balaban J connectivity index is 1.69. The molecule has 2 aromatic rings. The predicted octanol–water partition coefficient (Wildman–Crippen LogP) is 5.53. The van der Waals surface area contributed by atoms with E-state index in [2.05, 4.69) is 0 Å². The first kappa shape index (κ1) is 31.5. The van der Waals surface area contributed by atoms with Gasteiger partial charge in [-0.3, -0.25) is 0 Å². The third-order valence-corrected chi connectivity index (χ3v) is 6.92. The molecule has 0 aliphatic carbocycles. The lowest BCUT2D eigenvalue weighted by molar-refractivity contribution is -0.156. The molecular weight excluding hydrogens is 544 g/mol. The molecule has 10 heteroatoms. The van der Waals surface area contributed by atoms with E-state index in [0.717, 1.165) is 0 Å². The van der Waals surface area contributed by atoms with Crippen LogP contribution in [0.1, 0.15) is 72.7 Å². The van der Waals surface area contributed by atoms with Crippen LogP contribution in [0.3, 0.4) is 0 Å². The monoisotopic (exact) mass is 584 g/mol. The van der Waals surface area contributed by atoms with E-state index in [1.54, 1.807) is 42.5 Å². The number of carbonyl (C=O) groups is 2. The second-order valence-corrected chi connectivity index (χ2v) is 10.7. The quantitative estimate of drug-likeness (QED) is 0.290. The first-order valence-electron chi connectivity index (χ1n) is 14.1. The van der Waals surface area contributed by atoms with Gasteiger partial charge in [-0.25, -0.2) is 9.59 Å². The number of rotatable bonds is 8. The molecular formula is C32H40O10. The molecule has 4 atom stereocenters. The van der Waals surface area contributed by atoms with E-state index in [4.69, 9.17) is 37.9 Å². The molecule has 0 N–H and O–H groups in total. The molecule has 0 bridgehead atoms. The number of esters is 2. The summed E-state index contributed by atoms with van der Waals surface area (Å²) in [5, 5.41) is 0. The summed E-state index contributed by atoms with van der Waals surface area (Å²) < 4.78 is 46.0. The summed E-state index contributed by atoms with van der Waals surface area (Å²) in [5.74, 6) is -1.12. The Hall–Kier alpha value is -3.44. The molecule has 0 saturated carbocycles. The third kappa shape index (κ3) is 8.32. The largest absolute Gasteiger partial charge is 0.467 e. The van der Waals surface area contributed by atoms with Crippen LogP contribution in [-0.2, 0) is 28.4 Å². The fourth-order valence-corrected chi connectivity index (χ4v) is 5.07. The zero-order chi connectivity index (χ0) is 30.1. The minimum Gasteiger partial charge on any atom is -0.467 e. The van der Waals surface area contributed by atoms with Crippen LogP contribution in [0.5, 0.6) is 11.5 Å². The fourth-order valence-electron chi connectivity index (χ4n) is 5.07. The lowest BCUT2D eigenvalue weighted by atomic mass is 9.98. The highest BCUT2D eigenvalue weighted by atomic mass is 16.8. The van der Waals surface area contributed by atoms with Gasteiger partial charge in [0.1, 0.15) is 29.3 Å². The number of benzene rings is 2. The maximum atomic E-state index is 13.5. The van der Waals surface area contributed by atoms with Crippen molar-refractivity contribution in [1.82, 2.24) is 0 Å². The average Bonchev–Trinajstić information content (AvgIpc) is 3.27. The van der Waals surface area contributed by atoms with Crippen LogP contribution in [0.2, 0.25) is 0 Å². The van der Waals surface area contributed by atoms with E-state index in [1.807, 2.05) is 32.9 Å². The molecule has 0 aromatic heterocycles. The standard InChI is InChI=1S/C32H40O10/c1-21-11-9-15-25(40-30(33)22-12-7-6-8-13-22)29-26(41-32(2,3)42-29)16-10-14-23-17-24(37-19-35-4)18-27(38-20-36-5)28(23)31(34)39-21/h6-8,10,12-14,17-18,21,25-26,29H,9,11,15-16,19-20H2,1-5H3/t21-,25?,26?,29?/m0/s1. The Labute approximate surface area is 246 Å². The molecule has 1 saturated heterocycles. The van der Waals surface area contributed by atoms with E-state index >= 15 is 0 Å². The van der Waals surface area contributed by atoms with Crippen molar-refractivity contribution >= 4 is 18.0 Å². The van der Waals surface area contributed by atoms with Gasteiger partial charge in [-0.2, -0.15) is 0 Å². The Morgan fingerprint density at radius 2 is 1.74 bits per heavy atom. The van der Waals surface area contributed by atoms with Crippen molar-refractivity contribution in [3.8, 4) is 11.5 Å². The lowest BCUT2D eigenvalue weighted by Gasteiger charge is -2.27. The summed E-state index contributed by atoms with van der Waals surface area (Å²) in [4.78, 5) is 26.5. The van der Waals surface area contributed by atoms with Crippen molar-refractivity contribution in [2.45, 2.75) is 76.7 Å². The Morgan fingerprint density at radius 3 is 2.48 bits per heavy atom. The first-order valence-corrected chi connectivity index (χ1v) is 14.1. The topological polar surface area (TPSA) is 108 Å². The highest BCUT2D eigenvalue weighted by Crippen LogP contribution is 2.36. The number of carbonyl (C=O) groups excluding carboxylic acids is 2. The van der Waals surface area contributed by atoms with E-state index in [-0.39, 0.29) is 24.9 Å². The maximum Gasteiger partial charge on any atom is 0.342 e. The summed E-state index contributed by atoms with van der Waals surface area (Å²) in [7, 11) is 3.02. The molecule has 2 aromatic carbocycles. The van der Waals surface area contributed by atoms with Crippen molar-refractivity contribution in [2.75, 3.05) is 27.8 Å². The molecule has 2 aliphatic heterocycles. The van der Waals surface area contributed by atoms with Gasteiger partial charge < -0.3 is 37.9 Å². The summed E-state index contributed by atoms with van der Waals surface area (Å²) in [5.41, 5.74) is 1.25. The molecule has 4 rings (SSSR count). The average molecular weight is 585 g/mol. The van der Waals surface area contributed by atoms with Crippen LogP contribution in [-0.4, -0.2) is 69.9 Å². The second-order valence-electron chi connectivity index (χ2n) is 10.7. The van der Waals surface area contributed by atoms with Gasteiger partial charge >= 0.3 is 11.9 Å². The van der Waals surface area contributed by atoms with Gasteiger partial charge in [0, 0.05) is 20.3 Å². The lowest BCUT2D eigenvalue weighted by Crippen LogP contribution is -2.39. The molecule has 1 fully saturated rings. The molecule has 10 nitrogen and oxygen atoms in total. The molecule has 0 radical (unpaired) electrons. The van der Waals surface area contributed by atoms with Crippen molar-refractivity contribution in [3.63, 3.8) is 0 Å². The molecule has 2 aliphatic rings. The van der Waals surface area contributed by atoms with Crippen molar-refractivity contribution in [1.29, 1.82) is 0 Å². The first-order chi connectivity index (χ1) is 20.2. The van der Waals surface area contributed by atoms with Gasteiger partial charge in [0.25, 0.3) is 0 Å². The molecule has 228 valence electrons. The van der Waals surface area contributed by atoms with Crippen molar-refractivity contribution in [3.05, 3.63) is 65.2 Å². The number of methoxy groups -OCH3 is 2. The van der Waals surface area contributed by atoms with Crippen LogP contribution in [0.15, 0.2) is 48.5 Å². The molecule has 0 amide bonds. The SMILES string of the molecule is COCOc1cc2c(c(OCOC)c1)C(=O)O[C@@H](C)CCCC(OC(=O)c1ccccc1)C1OC(C)(C)OC1CC=C2. The van der Waals surface area contributed by atoms with Gasteiger partial charge in [-0.15, -0.1) is 0 Å². The minimum atomic E-state index is -0.874. The van der Waals surface area contributed by atoms with E-state index in [1.165, 1.54) is 14.2 Å². The molecule has 0 spiro atoms. The predicted molar refractivity (Wildman–Crippen MR) is 153 cm³/mol. The van der Waals surface area contributed by atoms with Crippen LogP contribution in [0.25, 0.3) is 6.08 Å². The van der Waals surface area contributed by atoms with E-state index in [0.29, 0.717) is 42.6 Å². The second kappa shape index (κ2) is 14.6. The fraction of sp³-hybridized carbons (Fsp3) is 0.500. The number of cyclic esters (lactones) is 1. The smallest absolute Gasteiger partial charge is 0.342 e. The van der Waals surface area contributed by atoms with Crippen molar-refractivity contribution in [2.24, 2.45) is 0 Å². The zero-order valence-corrected chi connectivity index (χ0v) is 24.8. The number of hydrogen-bond donors (Lipinski definition) is 0. The summed E-state index contributed by atoms with van der Waals surface area (Å²) in [6.45, 7) is 5.46. The van der Waals surface area contributed by atoms with Gasteiger partial charge in [0.05, 0.1) is 17.8 Å². The van der Waals surface area contributed by atoms with Crippen LogP contribution >= 0.6 is 0 Å². The highest BCUT2D eigenvalue weighted by molar-refractivity contribution is 5.97. The maximum absolute atomic E-state index is 13.5. The number of hydrogen-bond acceptors (Lipinski definition) is 10. The molecule has 42 heavy (non-hydrogen) atoms. The van der Waals surface area contributed by atoms with Crippen LogP contribution in [0, 0.1) is 0 Å². The van der Waals surface area contributed by atoms with Gasteiger partial charge in [-0.05, 0) is 70.2 Å². The number of fused-ring (bicyclic) bond motifs is 2. The summed E-state index contributed by atoms with van der Waals surface area (Å²) in [6, 6.07) is 12.2. The third-order valence-electron chi connectivity index (χ3n) is 6.92. The molecule has 2 heterocycles. The van der Waals surface area contributed by atoms with Crippen LogP contribution < -0.4 is 9.47 Å². The highest BCUT2D eigenvalue weighted by Gasteiger charge is 2.46. The van der Waals surface area contributed by atoms with Gasteiger partial charge in [0.2, 0.25) is 0 Å². The normalized spacial score (nSPS) is 24.1. The van der Waals surface area contributed by atoms with Crippen molar-refractivity contribution < 1.29 is 47.5 Å². The molecule has 3 unspecified atom stereocenters. The minimum absolute atomic E-state index is 0.0147. The Morgan fingerprint density at radius 1 is 1.00 bits per heavy atom. The zero-order valence-electron chi connectivity index (χ0n) is 24.8. The van der Waals surface area contributed by atoms with Crippen LogP contribution in [0.4, 0.5) is 0 Å². The summed E-state index contributed by atoms with van der Waals surface area (Å²) in [6.07, 6.45) is 3.87. The summed E-state index contributed by atoms with van der Waals surface area (Å²) >= 11 is 0. The Bertz CT molecular complexity index is 1230. The van der Waals surface area contributed by atoms with Gasteiger partial charge in [-0.1, -0.05) is 30.4 Å². The van der Waals surface area contributed by atoms with Gasteiger partial charge in [0.15, 0.2) is 19.4 Å². The Kier molecular flexibility index (Phi) is 11.0.